The van der Waals surface area contributed by atoms with E-state index in [0.29, 0.717) is 5.92 Å². The van der Waals surface area contributed by atoms with E-state index >= 15 is 0 Å². The van der Waals surface area contributed by atoms with Gasteiger partial charge in [0.05, 0.1) is 5.69 Å². The number of nitrogens with zero attached hydrogens (tertiary/aromatic N) is 2. The Labute approximate surface area is 121 Å². The topological polar surface area (TPSA) is 29.9 Å². The zero-order chi connectivity index (χ0) is 14.1. The zero-order valence-corrected chi connectivity index (χ0v) is 12.6. The maximum absolute atomic E-state index is 4.75. The lowest BCUT2D eigenvalue weighted by Gasteiger charge is -2.22. The average molecular weight is 269 g/mol. The standard InChI is InChI=1S/C17H23N3/c1-12-4-5-13(2)15(10-12)16-11-17(20(3)19-16)14-6-8-18-9-7-14/h4-5,10-11,14,18H,6-9H2,1-3H3. The summed E-state index contributed by atoms with van der Waals surface area (Å²) in [5, 5.41) is 8.18. The van der Waals surface area contributed by atoms with Gasteiger partial charge in [-0.1, -0.05) is 17.7 Å². The summed E-state index contributed by atoms with van der Waals surface area (Å²) < 4.78 is 2.08. The molecule has 1 fully saturated rings. The van der Waals surface area contributed by atoms with Gasteiger partial charge in [-0.05, 0) is 57.5 Å². The molecule has 0 unspecified atom stereocenters. The van der Waals surface area contributed by atoms with Gasteiger partial charge in [-0.2, -0.15) is 5.10 Å². The quantitative estimate of drug-likeness (QED) is 0.907. The van der Waals surface area contributed by atoms with Crippen molar-refractivity contribution < 1.29 is 0 Å². The molecule has 0 saturated carbocycles. The van der Waals surface area contributed by atoms with Gasteiger partial charge < -0.3 is 5.32 Å². The number of aryl methyl sites for hydroxylation is 3. The van der Waals surface area contributed by atoms with Gasteiger partial charge in [0.25, 0.3) is 0 Å². The minimum atomic E-state index is 0.646. The first-order valence-corrected chi connectivity index (χ1v) is 7.47. The molecule has 1 aromatic carbocycles. The van der Waals surface area contributed by atoms with Crippen LogP contribution in [0.5, 0.6) is 0 Å². The molecule has 0 atom stereocenters. The van der Waals surface area contributed by atoms with E-state index in [1.807, 2.05) is 0 Å². The second kappa shape index (κ2) is 5.41. The number of benzene rings is 1. The highest BCUT2D eigenvalue weighted by atomic mass is 15.3. The van der Waals surface area contributed by atoms with Crippen LogP contribution >= 0.6 is 0 Å². The third kappa shape index (κ3) is 2.50. The van der Waals surface area contributed by atoms with E-state index in [4.69, 9.17) is 5.10 Å². The van der Waals surface area contributed by atoms with Crippen LogP contribution in [0.4, 0.5) is 0 Å². The molecule has 1 N–H and O–H groups in total. The van der Waals surface area contributed by atoms with Gasteiger partial charge in [0.15, 0.2) is 0 Å². The van der Waals surface area contributed by atoms with Crippen LogP contribution in [0, 0.1) is 13.8 Å². The van der Waals surface area contributed by atoms with Crippen molar-refractivity contribution in [3.8, 4) is 11.3 Å². The van der Waals surface area contributed by atoms with Crippen LogP contribution in [0.3, 0.4) is 0 Å². The molecule has 0 bridgehead atoms. The fourth-order valence-electron chi connectivity index (χ4n) is 3.12. The van der Waals surface area contributed by atoms with Crippen LogP contribution in [0.15, 0.2) is 24.3 Å². The average Bonchev–Trinajstić information content (AvgIpc) is 2.84. The molecular weight excluding hydrogens is 246 g/mol. The van der Waals surface area contributed by atoms with Crippen LogP contribution in [0.1, 0.15) is 35.6 Å². The van der Waals surface area contributed by atoms with Gasteiger partial charge in [-0.3, -0.25) is 4.68 Å². The normalized spacial score (nSPS) is 16.6. The Bertz CT molecular complexity index is 607. The number of aromatic nitrogens is 2. The number of nitrogens with one attached hydrogen (secondary N) is 1. The maximum atomic E-state index is 4.75. The fourth-order valence-corrected chi connectivity index (χ4v) is 3.12. The van der Waals surface area contributed by atoms with Gasteiger partial charge in [0.1, 0.15) is 0 Å². The molecule has 1 aliphatic heterocycles. The zero-order valence-electron chi connectivity index (χ0n) is 12.6. The summed E-state index contributed by atoms with van der Waals surface area (Å²) in [5.74, 6) is 0.646. The summed E-state index contributed by atoms with van der Waals surface area (Å²) in [6.45, 7) is 6.54. The molecule has 1 saturated heterocycles. The van der Waals surface area contributed by atoms with Crippen molar-refractivity contribution in [3.05, 3.63) is 41.1 Å². The van der Waals surface area contributed by atoms with Crippen molar-refractivity contribution in [2.75, 3.05) is 13.1 Å². The highest BCUT2D eigenvalue weighted by molar-refractivity contribution is 5.64. The molecule has 0 radical (unpaired) electrons. The van der Waals surface area contributed by atoms with Crippen LogP contribution in [-0.2, 0) is 7.05 Å². The van der Waals surface area contributed by atoms with E-state index in [0.717, 1.165) is 18.8 Å². The molecule has 0 amide bonds. The van der Waals surface area contributed by atoms with E-state index in [-0.39, 0.29) is 0 Å². The van der Waals surface area contributed by atoms with Gasteiger partial charge in [0.2, 0.25) is 0 Å². The third-order valence-electron chi connectivity index (χ3n) is 4.34. The lowest BCUT2D eigenvalue weighted by Crippen LogP contribution is -2.27. The molecule has 1 aliphatic rings. The molecule has 0 aliphatic carbocycles. The van der Waals surface area contributed by atoms with Gasteiger partial charge in [-0.15, -0.1) is 0 Å². The first-order valence-electron chi connectivity index (χ1n) is 7.47. The lowest BCUT2D eigenvalue weighted by molar-refractivity contribution is 0.440. The second-order valence-electron chi connectivity index (χ2n) is 5.92. The van der Waals surface area contributed by atoms with Gasteiger partial charge in [0, 0.05) is 24.2 Å². The minimum absolute atomic E-state index is 0.646. The molecule has 0 spiro atoms. The summed E-state index contributed by atoms with van der Waals surface area (Å²) >= 11 is 0. The number of hydrogen-bond donors (Lipinski definition) is 1. The van der Waals surface area contributed by atoms with Crippen molar-refractivity contribution in [1.82, 2.24) is 15.1 Å². The first-order chi connectivity index (χ1) is 9.65. The predicted molar refractivity (Wildman–Crippen MR) is 83.0 cm³/mol. The summed E-state index contributed by atoms with van der Waals surface area (Å²) in [6, 6.07) is 8.88. The van der Waals surface area contributed by atoms with Crippen molar-refractivity contribution in [2.45, 2.75) is 32.6 Å². The summed E-state index contributed by atoms with van der Waals surface area (Å²) in [5.41, 5.74) is 6.34. The molecule has 106 valence electrons. The Kier molecular flexibility index (Phi) is 3.62. The highest BCUT2D eigenvalue weighted by Crippen LogP contribution is 2.30. The highest BCUT2D eigenvalue weighted by Gasteiger charge is 2.20. The Balaban J connectivity index is 1.97. The number of piperidine rings is 1. The largest absolute Gasteiger partial charge is 0.317 e. The smallest absolute Gasteiger partial charge is 0.0928 e. The van der Waals surface area contributed by atoms with Crippen molar-refractivity contribution in [1.29, 1.82) is 0 Å². The van der Waals surface area contributed by atoms with E-state index in [9.17, 15) is 0 Å². The SMILES string of the molecule is Cc1ccc(C)c(-c2cc(C3CCNCC3)n(C)n2)c1. The van der Waals surface area contributed by atoms with Gasteiger partial charge in [-0.25, -0.2) is 0 Å². The third-order valence-corrected chi connectivity index (χ3v) is 4.34. The molecule has 1 aromatic heterocycles. The Morgan fingerprint density at radius 1 is 1.15 bits per heavy atom. The molecule has 3 nitrogen and oxygen atoms in total. The van der Waals surface area contributed by atoms with Crippen LogP contribution < -0.4 is 5.32 Å². The summed E-state index contributed by atoms with van der Waals surface area (Å²) in [4.78, 5) is 0. The van der Waals surface area contributed by atoms with Crippen LogP contribution in [0.2, 0.25) is 0 Å². The first kappa shape index (κ1) is 13.4. The fraction of sp³-hybridized carbons (Fsp3) is 0.471. The van der Waals surface area contributed by atoms with E-state index in [1.54, 1.807) is 0 Å². The molecule has 2 heterocycles. The van der Waals surface area contributed by atoms with Crippen molar-refractivity contribution in [2.24, 2.45) is 7.05 Å². The Morgan fingerprint density at radius 3 is 2.65 bits per heavy atom. The summed E-state index contributed by atoms with van der Waals surface area (Å²) in [7, 11) is 2.08. The van der Waals surface area contributed by atoms with E-state index in [2.05, 4.69) is 55.2 Å². The molecule has 2 aromatic rings. The van der Waals surface area contributed by atoms with Crippen molar-refractivity contribution >= 4 is 0 Å². The monoisotopic (exact) mass is 269 g/mol. The second-order valence-corrected chi connectivity index (χ2v) is 5.92. The Hall–Kier alpha value is -1.61. The molecule has 20 heavy (non-hydrogen) atoms. The van der Waals surface area contributed by atoms with Gasteiger partial charge >= 0.3 is 0 Å². The number of rotatable bonds is 2. The van der Waals surface area contributed by atoms with E-state index < -0.39 is 0 Å². The van der Waals surface area contributed by atoms with Crippen LogP contribution in [0.25, 0.3) is 11.3 Å². The molecule has 3 heteroatoms. The summed E-state index contributed by atoms with van der Waals surface area (Å²) in [6.07, 6.45) is 2.43. The lowest BCUT2D eigenvalue weighted by atomic mass is 9.93. The number of hydrogen-bond acceptors (Lipinski definition) is 2. The molecule has 3 rings (SSSR count). The minimum Gasteiger partial charge on any atom is -0.317 e. The van der Waals surface area contributed by atoms with E-state index in [1.165, 1.54) is 35.2 Å². The van der Waals surface area contributed by atoms with Crippen molar-refractivity contribution in [3.63, 3.8) is 0 Å². The molecular formula is C17H23N3. The predicted octanol–water partition coefficient (Wildman–Crippen LogP) is 3.17. The van der Waals surface area contributed by atoms with Crippen LogP contribution in [-0.4, -0.2) is 22.9 Å². The Morgan fingerprint density at radius 2 is 1.90 bits per heavy atom. The maximum Gasteiger partial charge on any atom is 0.0928 e.